The van der Waals surface area contributed by atoms with Gasteiger partial charge >= 0.3 is 0 Å². The number of nitrogens with one attached hydrogen (secondary N) is 1. The number of thioether (sulfide) groups is 1. The first kappa shape index (κ1) is 19.6. The summed E-state index contributed by atoms with van der Waals surface area (Å²) in [6, 6.07) is 15.2. The summed E-state index contributed by atoms with van der Waals surface area (Å²) in [5.41, 5.74) is 5.97. The molecule has 2 fully saturated rings. The minimum Gasteiger partial charge on any atom is -0.341 e. The van der Waals surface area contributed by atoms with Gasteiger partial charge in [0, 0.05) is 22.1 Å². The first-order chi connectivity index (χ1) is 15.1. The van der Waals surface area contributed by atoms with Gasteiger partial charge in [-0.05, 0) is 65.7 Å². The van der Waals surface area contributed by atoms with Gasteiger partial charge in [-0.2, -0.15) is 0 Å². The van der Waals surface area contributed by atoms with Crippen molar-refractivity contribution in [2.75, 3.05) is 6.54 Å². The van der Waals surface area contributed by atoms with Crippen LogP contribution in [-0.4, -0.2) is 31.9 Å². The van der Waals surface area contributed by atoms with Crippen LogP contribution in [0.25, 0.3) is 15.9 Å². The number of aromatic nitrogens is 2. The summed E-state index contributed by atoms with van der Waals surface area (Å²) < 4.78 is 1.03. The molecule has 3 aromatic rings. The number of para-hydroxylation sites is 1. The number of fused-ring (bicyclic) bond motifs is 1. The van der Waals surface area contributed by atoms with E-state index in [0.717, 1.165) is 40.2 Å². The van der Waals surface area contributed by atoms with Gasteiger partial charge in [0.05, 0.1) is 16.9 Å². The second kappa shape index (κ2) is 7.54. The minimum atomic E-state index is 0.182. The number of benzene rings is 2. The summed E-state index contributed by atoms with van der Waals surface area (Å²) in [5, 5.41) is 5.46. The molecule has 2 aliphatic heterocycles. The van der Waals surface area contributed by atoms with Crippen LogP contribution in [0.3, 0.4) is 0 Å². The highest BCUT2D eigenvalue weighted by molar-refractivity contribution is 9.10. The molecule has 1 saturated carbocycles. The number of halogens is 1. The summed E-state index contributed by atoms with van der Waals surface area (Å²) in [6.07, 6.45) is 5.94. The van der Waals surface area contributed by atoms with E-state index in [-0.39, 0.29) is 6.04 Å². The first-order valence-electron chi connectivity index (χ1n) is 10.9. The Morgan fingerprint density at radius 1 is 1.19 bits per heavy atom. The lowest BCUT2D eigenvalue weighted by molar-refractivity contribution is -0.00530. The minimum absolute atomic E-state index is 0.182. The van der Waals surface area contributed by atoms with E-state index in [2.05, 4.69) is 93.1 Å². The van der Waals surface area contributed by atoms with Crippen LogP contribution in [-0.2, 0) is 0 Å². The zero-order valence-corrected chi connectivity index (χ0v) is 19.9. The highest BCUT2D eigenvalue weighted by Crippen LogP contribution is 2.52. The molecule has 31 heavy (non-hydrogen) atoms. The molecule has 1 N–H and O–H groups in total. The van der Waals surface area contributed by atoms with Crippen LogP contribution in [0.5, 0.6) is 0 Å². The molecule has 1 saturated heterocycles. The molecule has 0 spiro atoms. The molecule has 0 bridgehead atoms. The summed E-state index contributed by atoms with van der Waals surface area (Å²) in [7, 11) is 0. The van der Waals surface area contributed by atoms with Gasteiger partial charge in [-0.25, -0.2) is 9.99 Å². The maximum atomic E-state index is 4.99. The molecular weight excluding hydrogens is 468 g/mol. The lowest BCUT2D eigenvalue weighted by Crippen LogP contribution is -2.43. The fourth-order valence-corrected chi connectivity index (χ4v) is 6.60. The summed E-state index contributed by atoms with van der Waals surface area (Å²) >= 11 is 5.67. The summed E-state index contributed by atoms with van der Waals surface area (Å²) in [6.45, 7) is 7.40. The van der Waals surface area contributed by atoms with Gasteiger partial charge in [0.2, 0.25) is 0 Å². The zero-order chi connectivity index (χ0) is 21.1. The number of nitrogens with zero attached hydrogens (tertiary/aromatic N) is 3. The third-order valence-electron chi connectivity index (χ3n) is 6.41. The van der Waals surface area contributed by atoms with E-state index in [1.54, 1.807) is 0 Å². The Kier molecular flexibility index (Phi) is 4.78. The number of hydrazine groups is 1. The fraction of sp³-hybridized carbons (Fsp3) is 0.320. The van der Waals surface area contributed by atoms with Gasteiger partial charge in [-0.1, -0.05) is 59.8 Å². The number of hydrogen-bond acceptors (Lipinski definition) is 4. The Labute approximate surface area is 195 Å². The van der Waals surface area contributed by atoms with Gasteiger partial charge in [0.1, 0.15) is 11.3 Å². The van der Waals surface area contributed by atoms with Gasteiger partial charge in [0.15, 0.2) is 0 Å². The Balaban J connectivity index is 1.38. The molecule has 1 aromatic heterocycles. The average molecular weight is 493 g/mol. The Morgan fingerprint density at radius 3 is 2.81 bits per heavy atom. The standard InChI is InChI=1S/C25H25BrN4S/c1-15-5-3-6-18(11-15)22-14-30(25(31-22)17-9-10-17)29-13-16(2)12-21(29)24-27-20-8-4-7-19(26)23(20)28-24/h3-8,11,14,17,21,25H,2,9-10,12-13H2,1H3,(H,27,28). The van der Waals surface area contributed by atoms with Gasteiger partial charge < -0.3 is 4.98 Å². The van der Waals surface area contributed by atoms with E-state index in [4.69, 9.17) is 4.98 Å². The van der Waals surface area contributed by atoms with Gasteiger partial charge in [-0.3, -0.25) is 5.01 Å². The third-order valence-corrected chi connectivity index (χ3v) is 8.48. The van der Waals surface area contributed by atoms with Crippen molar-refractivity contribution in [1.82, 2.24) is 20.0 Å². The number of hydrogen-bond donors (Lipinski definition) is 1. The Morgan fingerprint density at radius 2 is 2.03 bits per heavy atom. The third kappa shape index (κ3) is 3.55. The summed E-state index contributed by atoms with van der Waals surface area (Å²) in [4.78, 5) is 9.93. The first-order valence-corrected chi connectivity index (χ1v) is 12.6. The van der Waals surface area contributed by atoms with Crippen molar-refractivity contribution in [2.24, 2.45) is 5.92 Å². The molecule has 3 heterocycles. The van der Waals surface area contributed by atoms with Crippen LogP contribution >= 0.6 is 27.7 Å². The molecular formula is C25H25BrN4S. The predicted octanol–water partition coefficient (Wildman–Crippen LogP) is 6.64. The molecule has 0 amide bonds. The largest absolute Gasteiger partial charge is 0.341 e. The molecule has 2 atom stereocenters. The SMILES string of the molecule is C=C1CC(c2nc3c(Br)cccc3[nH]2)N(N2C=C(c3cccc(C)c3)SC2C2CC2)C1. The van der Waals surface area contributed by atoms with Crippen molar-refractivity contribution in [3.8, 4) is 0 Å². The second-order valence-corrected chi connectivity index (χ2v) is 10.9. The monoisotopic (exact) mass is 492 g/mol. The topological polar surface area (TPSA) is 35.2 Å². The molecule has 3 aliphatic rings. The van der Waals surface area contributed by atoms with E-state index in [0.29, 0.717) is 5.37 Å². The molecule has 2 aromatic carbocycles. The van der Waals surface area contributed by atoms with Crippen LogP contribution in [0, 0.1) is 12.8 Å². The molecule has 2 unspecified atom stereocenters. The van der Waals surface area contributed by atoms with Gasteiger partial charge in [-0.15, -0.1) is 0 Å². The van der Waals surface area contributed by atoms with E-state index >= 15 is 0 Å². The quantitative estimate of drug-likeness (QED) is 0.414. The number of H-pyrrole nitrogens is 1. The van der Waals surface area contributed by atoms with Crippen LogP contribution in [0.2, 0.25) is 0 Å². The van der Waals surface area contributed by atoms with Crippen molar-refractivity contribution in [3.05, 3.63) is 82.2 Å². The van der Waals surface area contributed by atoms with Crippen LogP contribution in [0.15, 0.2) is 65.3 Å². The lowest BCUT2D eigenvalue weighted by atomic mass is 10.1. The van der Waals surface area contributed by atoms with Crippen LogP contribution < -0.4 is 0 Å². The molecule has 158 valence electrons. The fourth-order valence-electron chi connectivity index (χ4n) is 4.70. The van der Waals surface area contributed by atoms with Crippen LogP contribution in [0.1, 0.15) is 42.3 Å². The maximum absolute atomic E-state index is 4.99. The molecule has 6 heteroatoms. The van der Waals surface area contributed by atoms with Crippen molar-refractivity contribution in [1.29, 1.82) is 0 Å². The second-order valence-electron chi connectivity index (χ2n) is 8.91. The number of aryl methyl sites for hydroxylation is 1. The van der Waals surface area contributed by atoms with E-state index in [1.807, 2.05) is 11.8 Å². The van der Waals surface area contributed by atoms with Gasteiger partial charge in [0.25, 0.3) is 0 Å². The maximum Gasteiger partial charge on any atom is 0.126 e. The molecule has 1 aliphatic carbocycles. The van der Waals surface area contributed by atoms with Crippen molar-refractivity contribution in [3.63, 3.8) is 0 Å². The van der Waals surface area contributed by atoms with E-state index in [1.165, 1.54) is 34.4 Å². The van der Waals surface area contributed by atoms with Crippen molar-refractivity contribution >= 4 is 43.6 Å². The average Bonchev–Trinajstić information content (AvgIpc) is 3.18. The van der Waals surface area contributed by atoms with E-state index < -0.39 is 0 Å². The number of imidazole rings is 1. The summed E-state index contributed by atoms with van der Waals surface area (Å²) in [5.74, 6) is 1.78. The van der Waals surface area contributed by atoms with E-state index in [9.17, 15) is 0 Å². The molecule has 4 nitrogen and oxygen atoms in total. The lowest BCUT2D eigenvalue weighted by Gasteiger charge is -2.36. The molecule has 6 rings (SSSR count). The number of rotatable bonds is 4. The smallest absolute Gasteiger partial charge is 0.126 e. The number of aromatic amines is 1. The Bertz CT molecular complexity index is 1210. The van der Waals surface area contributed by atoms with Crippen molar-refractivity contribution in [2.45, 2.75) is 37.6 Å². The predicted molar refractivity (Wildman–Crippen MR) is 132 cm³/mol. The highest BCUT2D eigenvalue weighted by atomic mass is 79.9. The zero-order valence-electron chi connectivity index (χ0n) is 17.5. The Hall–Kier alpha value is -2.02. The van der Waals surface area contributed by atoms with Crippen LogP contribution in [0.4, 0.5) is 0 Å². The normalized spacial score (nSPS) is 24.4. The highest BCUT2D eigenvalue weighted by Gasteiger charge is 2.45. The molecule has 0 radical (unpaired) electrons. The van der Waals surface area contributed by atoms with Crippen molar-refractivity contribution < 1.29 is 0 Å².